The van der Waals surface area contributed by atoms with Gasteiger partial charge >= 0.3 is 11.9 Å². The van der Waals surface area contributed by atoms with Crippen molar-refractivity contribution in [2.75, 3.05) is 6.61 Å². The normalized spacial score (nSPS) is 29.1. The Morgan fingerprint density at radius 2 is 2.15 bits per heavy atom. The summed E-state index contributed by atoms with van der Waals surface area (Å²) < 4.78 is 5.47. The first-order valence-corrected chi connectivity index (χ1v) is 7.23. The van der Waals surface area contributed by atoms with E-state index in [4.69, 9.17) is 4.74 Å². The van der Waals surface area contributed by atoms with Crippen molar-refractivity contribution in [2.24, 2.45) is 5.92 Å². The van der Waals surface area contributed by atoms with Crippen LogP contribution in [0, 0.1) is 5.92 Å². The van der Waals surface area contributed by atoms with E-state index in [9.17, 15) is 24.9 Å². The minimum absolute atomic E-state index is 0.0150. The molecule has 2 aliphatic heterocycles. The summed E-state index contributed by atoms with van der Waals surface area (Å²) in [6.07, 6.45) is 0.189. The summed E-state index contributed by atoms with van der Waals surface area (Å²) in [5.74, 6) is -3.39. The van der Waals surface area contributed by atoms with Crippen LogP contribution in [0.2, 0.25) is 0 Å². The van der Waals surface area contributed by atoms with Crippen LogP contribution in [0.15, 0.2) is 10.6 Å². The molecule has 0 aromatic heterocycles. The molecule has 0 aliphatic carbocycles. The van der Waals surface area contributed by atoms with Crippen molar-refractivity contribution in [1.82, 2.24) is 5.32 Å². The molecule has 2 aliphatic rings. The first-order chi connectivity index (χ1) is 9.41. The van der Waals surface area contributed by atoms with Gasteiger partial charge < -0.3 is 25.4 Å². The summed E-state index contributed by atoms with van der Waals surface area (Å²) in [4.78, 5) is 23.0. The van der Waals surface area contributed by atoms with Crippen LogP contribution < -0.4 is 5.32 Å². The van der Waals surface area contributed by atoms with Gasteiger partial charge in [-0.05, 0) is 19.8 Å². The summed E-state index contributed by atoms with van der Waals surface area (Å²) in [5, 5.41) is 30.0. The monoisotopic (exact) mass is 303 g/mol. The van der Waals surface area contributed by atoms with Gasteiger partial charge in [0.1, 0.15) is 11.6 Å². The molecule has 0 bridgehead atoms. The maximum Gasteiger partial charge on any atom is 0.352 e. The Morgan fingerprint density at radius 1 is 1.45 bits per heavy atom. The van der Waals surface area contributed by atoms with Crippen molar-refractivity contribution < 1.29 is 29.6 Å². The standard InChI is InChI=1S/C12H17NO6S/c1-5(14)7(11(15)16)10-13-8(12(17)18)9(20-10)6-3-2-4-19-6/h5-7,10,13-14H,2-4H2,1H3,(H,15,16)(H,17,18)/t5-,6-,7?,10?/m1/s1. The van der Waals surface area contributed by atoms with Crippen LogP contribution in [0.4, 0.5) is 0 Å². The molecule has 0 spiro atoms. The minimum atomic E-state index is -1.16. The molecule has 0 aromatic rings. The molecule has 7 nitrogen and oxygen atoms in total. The molecule has 1 saturated heterocycles. The number of rotatable bonds is 5. The summed E-state index contributed by atoms with van der Waals surface area (Å²) in [7, 11) is 0. The van der Waals surface area contributed by atoms with Crippen LogP contribution in [0.5, 0.6) is 0 Å². The van der Waals surface area contributed by atoms with E-state index < -0.39 is 29.3 Å². The summed E-state index contributed by atoms with van der Waals surface area (Å²) >= 11 is 1.13. The molecule has 20 heavy (non-hydrogen) atoms. The topological polar surface area (TPSA) is 116 Å². The number of aliphatic carboxylic acids is 2. The highest BCUT2D eigenvalue weighted by atomic mass is 32.2. The Morgan fingerprint density at radius 3 is 2.60 bits per heavy atom. The maximum atomic E-state index is 11.3. The van der Waals surface area contributed by atoms with E-state index in [1.165, 1.54) is 6.92 Å². The zero-order valence-corrected chi connectivity index (χ0v) is 11.7. The Labute approximate surface area is 120 Å². The second-order valence-electron chi connectivity index (χ2n) is 4.83. The van der Waals surface area contributed by atoms with Gasteiger partial charge in [-0.3, -0.25) is 4.79 Å². The highest BCUT2D eigenvalue weighted by Gasteiger charge is 2.42. The van der Waals surface area contributed by atoms with Gasteiger partial charge in [0.25, 0.3) is 0 Å². The van der Waals surface area contributed by atoms with E-state index in [2.05, 4.69) is 5.32 Å². The lowest BCUT2D eigenvalue weighted by Crippen LogP contribution is -2.41. The number of nitrogens with one attached hydrogen (secondary N) is 1. The Bertz CT molecular complexity index is 443. The van der Waals surface area contributed by atoms with E-state index in [0.29, 0.717) is 11.5 Å². The van der Waals surface area contributed by atoms with Gasteiger partial charge in [0.2, 0.25) is 0 Å². The van der Waals surface area contributed by atoms with Crippen molar-refractivity contribution in [2.45, 2.75) is 37.3 Å². The van der Waals surface area contributed by atoms with Gasteiger partial charge in [-0.15, -0.1) is 0 Å². The molecular weight excluding hydrogens is 286 g/mol. The Hall–Kier alpha value is -1.25. The largest absolute Gasteiger partial charge is 0.481 e. The molecule has 112 valence electrons. The van der Waals surface area contributed by atoms with Crippen LogP contribution in [-0.2, 0) is 14.3 Å². The van der Waals surface area contributed by atoms with Crippen LogP contribution in [0.3, 0.4) is 0 Å². The predicted octanol–water partition coefficient (Wildman–Crippen LogP) is 0.206. The average molecular weight is 303 g/mol. The molecule has 8 heteroatoms. The summed E-state index contributed by atoms with van der Waals surface area (Å²) in [6, 6.07) is 0. The van der Waals surface area contributed by atoms with Gasteiger partial charge in [-0.25, -0.2) is 4.79 Å². The van der Waals surface area contributed by atoms with Gasteiger partial charge in [-0.1, -0.05) is 11.8 Å². The Balaban J connectivity index is 2.20. The maximum absolute atomic E-state index is 11.3. The lowest BCUT2D eigenvalue weighted by molar-refractivity contribution is -0.145. The number of thioether (sulfide) groups is 1. The molecule has 0 saturated carbocycles. The van der Waals surface area contributed by atoms with Crippen molar-refractivity contribution in [1.29, 1.82) is 0 Å². The van der Waals surface area contributed by atoms with Crippen LogP contribution >= 0.6 is 11.8 Å². The predicted molar refractivity (Wildman–Crippen MR) is 71.0 cm³/mol. The highest BCUT2D eigenvalue weighted by molar-refractivity contribution is 8.04. The molecule has 0 aromatic carbocycles. The number of carboxylic acid groups (broad SMARTS) is 2. The fourth-order valence-corrected chi connectivity index (χ4v) is 3.92. The molecule has 0 radical (unpaired) electrons. The van der Waals surface area contributed by atoms with Crippen LogP contribution in [0.1, 0.15) is 19.8 Å². The molecule has 2 rings (SSSR count). The second kappa shape index (κ2) is 6.02. The smallest absolute Gasteiger partial charge is 0.352 e. The fraction of sp³-hybridized carbons (Fsp3) is 0.667. The Kier molecular flexibility index (Phi) is 4.56. The first kappa shape index (κ1) is 15.1. The third kappa shape index (κ3) is 2.92. The van der Waals surface area contributed by atoms with Gasteiger partial charge in [0.15, 0.2) is 0 Å². The molecule has 1 fully saturated rings. The van der Waals surface area contributed by atoms with Crippen LogP contribution in [-0.4, -0.2) is 51.4 Å². The van der Waals surface area contributed by atoms with E-state index >= 15 is 0 Å². The van der Waals surface area contributed by atoms with E-state index in [1.807, 2.05) is 0 Å². The van der Waals surface area contributed by atoms with Crippen molar-refractivity contribution in [3.63, 3.8) is 0 Å². The second-order valence-corrected chi connectivity index (χ2v) is 6.02. The molecular formula is C12H17NO6S. The van der Waals surface area contributed by atoms with Crippen molar-refractivity contribution >= 4 is 23.7 Å². The third-order valence-corrected chi connectivity index (χ3v) is 4.74. The molecule has 4 atom stereocenters. The van der Waals surface area contributed by atoms with E-state index in [-0.39, 0.29) is 11.8 Å². The zero-order valence-electron chi connectivity index (χ0n) is 10.9. The zero-order chi connectivity index (χ0) is 14.9. The lowest BCUT2D eigenvalue weighted by Gasteiger charge is -2.22. The minimum Gasteiger partial charge on any atom is -0.481 e. The molecule has 2 unspecified atom stereocenters. The summed E-state index contributed by atoms with van der Waals surface area (Å²) in [5.41, 5.74) is -0.0150. The number of ether oxygens (including phenoxy) is 1. The lowest BCUT2D eigenvalue weighted by atomic mass is 10.0. The van der Waals surface area contributed by atoms with Crippen molar-refractivity contribution in [3.05, 3.63) is 10.6 Å². The number of hydrogen-bond donors (Lipinski definition) is 4. The molecule has 4 N–H and O–H groups in total. The third-order valence-electron chi connectivity index (χ3n) is 3.35. The number of aliphatic hydroxyl groups excluding tert-OH is 1. The van der Waals surface area contributed by atoms with E-state index in [1.54, 1.807) is 0 Å². The van der Waals surface area contributed by atoms with Gasteiger partial charge in [0, 0.05) is 11.5 Å². The average Bonchev–Trinajstić information content (AvgIpc) is 2.94. The number of carbonyl (C=O) groups is 2. The number of hydrogen-bond acceptors (Lipinski definition) is 6. The van der Waals surface area contributed by atoms with Gasteiger partial charge in [-0.2, -0.15) is 0 Å². The first-order valence-electron chi connectivity index (χ1n) is 6.35. The quantitative estimate of drug-likeness (QED) is 0.569. The number of aliphatic hydroxyl groups is 1. The SMILES string of the molecule is C[C@@H](O)C(C(=O)O)C1NC(C(=O)O)=C([C@H]2CCCO2)S1. The molecule has 0 amide bonds. The van der Waals surface area contributed by atoms with Gasteiger partial charge in [0.05, 0.1) is 17.6 Å². The molecule has 2 heterocycles. The summed E-state index contributed by atoms with van der Waals surface area (Å²) in [6.45, 7) is 1.95. The van der Waals surface area contributed by atoms with E-state index in [0.717, 1.165) is 24.6 Å². The fourth-order valence-electron chi connectivity index (χ4n) is 2.38. The van der Waals surface area contributed by atoms with Crippen molar-refractivity contribution in [3.8, 4) is 0 Å². The number of carboxylic acids is 2. The highest BCUT2D eigenvalue weighted by Crippen LogP contribution is 2.40. The van der Waals surface area contributed by atoms with Crippen LogP contribution in [0.25, 0.3) is 0 Å².